The third-order valence-electron chi connectivity index (χ3n) is 5.56. The highest BCUT2D eigenvalue weighted by Crippen LogP contribution is 2.49. The van der Waals surface area contributed by atoms with E-state index >= 15 is 0 Å². The fourth-order valence-electron chi connectivity index (χ4n) is 3.99. The Balaban J connectivity index is 1.69. The van der Waals surface area contributed by atoms with Crippen LogP contribution in [-0.2, 0) is 13.0 Å². The number of aromatic nitrogens is 2. The Labute approximate surface area is 184 Å². The summed E-state index contributed by atoms with van der Waals surface area (Å²) < 4.78 is 18.4. The molecule has 0 unspecified atom stereocenters. The molecule has 2 aliphatic rings. The van der Waals surface area contributed by atoms with E-state index in [1.807, 2.05) is 13.1 Å². The average Bonchev–Trinajstić information content (AvgIpc) is 3.21. The van der Waals surface area contributed by atoms with Crippen LogP contribution < -0.4 is 19.8 Å². The molecule has 9 nitrogen and oxygen atoms in total. The number of hydrogen-bond acceptors (Lipinski definition) is 8. The van der Waals surface area contributed by atoms with Crippen LogP contribution in [0.25, 0.3) is 0 Å². The third kappa shape index (κ3) is 3.72. The summed E-state index contributed by atoms with van der Waals surface area (Å²) in [6, 6.07) is 1.91. The van der Waals surface area contributed by atoms with Crippen LogP contribution in [0.2, 0.25) is 0 Å². The standard InChI is InChI=1S/C21H24N4O5S/c1-4-6-25-20(27)13(19(26)23-21(25)31)9-22-10-14-16-12(5-7-24(14)2)8-15-17(18(16)28-3)30-11-29-15/h4,8-9,14,27H,1,5-7,10-11H2,2-3H3,(H,23,26,31)/t14-/m0/s1. The predicted molar refractivity (Wildman–Crippen MR) is 118 cm³/mol. The number of nitrogens with zero attached hydrogens (tertiary/aromatic N) is 3. The van der Waals surface area contributed by atoms with Gasteiger partial charge in [-0.25, -0.2) is 0 Å². The number of aromatic hydroxyl groups is 1. The van der Waals surface area contributed by atoms with Crippen LogP contribution in [0.15, 0.2) is 28.5 Å². The van der Waals surface area contributed by atoms with Gasteiger partial charge in [0.15, 0.2) is 16.3 Å². The van der Waals surface area contributed by atoms with E-state index in [-0.39, 0.29) is 35.6 Å². The van der Waals surface area contributed by atoms with Crippen LogP contribution in [0.5, 0.6) is 23.1 Å². The number of fused-ring (bicyclic) bond motifs is 2. The van der Waals surface area contributed by atoms with E-state index in [1.165, 1.54) is 10.8 Å². The molecule has 1 aromatic carbocycles. The topological polar surface area (TPSA) is 101 Å². The Morgan fingerprint density at radius 3 is 3.03 bits per heavy atom. The van der Waals surface area contributed by atoms with Gasteiger partial charge in [-0.1, -0.05) is 6.08 Å². The Bertz CT molecular complexity index is 1170. The molecule has 0 radical (unpaired) electrons. The SMILES string of the molecule is C=CCn1c(O)c(C=NC[C@H]2c3c(cc4c(c3OC)OCO4)CCN2C)c(=O)[nH]c1=S. The fourth-order valence-corrected chi connectivity index (χ4v) is 4.24. The molecule has 0 saturated carbocycles. The van der Waals surface area contributed by atoms with Crippen molar-refractivity contribution in [2.24, 2.45) is 4.99 Å². The zero-order valence-corrected chi connectivity index (χ0v) is 18.2. The van der Waals surface area contributed by atoms with Crippen molar-refractivity contribution in [1.82, 2.24) is 14.5 Å². The van der Waals surface area contributed by atoms with Gasteiger partial charge in [-0.15, -0.1) is 6.58 Å². The van der Waals surface area contributed by atoms with Gasteiger partial charge in [0.05, 0.1) is 19.7 Å². The number of ether oxygens (including phenoxy) is 3. The number of benzene rings is 1. The first-order valence-electron chi connectivity index (χ1n) is 9.82. The number of aliphatic imine (C=N–C) groups is 1. The predicted octanol–water partition coefficient (Wildman–Crippen LogP) is 2.18. The average molecular weight is 445 g/mol. The molecule has 164 valence electrons. The van der Waals surface area contributed by atoms with Crippen LogP contribution in [0.3, 0.4) is 0 Å². The molecule has 4 rings (SSSR count). The number of methoxy groups -OCH3 is 1. The number of nitrogens with one attached hydrogen (secondary N) is 1. The summed E-state index contributed by atoms with van der Waals surface area (Å²) in [6.07, 6.45) is 3.81. The molecule has 1 aromatic heterocycles. The van der Waals surface area contributed by atoms with Gasteiger partial charge in [0.1, 0.15) is 5.56 Å². The zero-order valence-electron chi connectivity index (χ0n) is 17.4. The lowest BCUT2D eigenvalue weighted by atomic mass is 9.91. The zero-order chi connectivity index (χ0) is 22.1. The number of aromatic amines is 1. The van der Waals surface area contributed by atoms with Crippen LogP contribution in [0.1, 0.15) is 22.7 Å². The van der Waals surface area contributed by atoms with Gasteiger partial charge in [-0.05, 0) is 37.3 Å². The van der Waals surface area contributed by atoms with Crippen LogP contribution in [0, 0.1) is 4.77 Å². The number of allylic oxidation sites excluding steroid dienone is 1. The summed E-state index contributed by atoms with van der Waals surface area (Å²) in [7, 11) is 3.63. The highest BCUT2D eigenvalue weighted by Gasteiger charge is 2.33. The first-order valence-corrected chi connectivity index (χ1v) is 10.2. The maximum Gasteiger partial charge on any atom is 0.264 e. The van der Waals surface area contributed by atoms with Crippen molar-refractivity contribution in [2.45, 2.75) is 19.0 Å². The van der Waals surface area contributed by atoms with E-state index in [0.29, 0.717) is 23.8 Å². The third-order valence-corrected chi connectivity index (χ3v) is 5.89. The van der Waals surface area contributed by atoms with Gasteiger partial charge in [0, 0.05) is 24.9 Å². The van der Waals surface area contributed by atoms with Gasteiger partial charge in [-0.3, -0.25) is 24.2 Å². The van der Waals surface area contributed by atoms with Gasteiger partial charge in [-0.2, -0.15) is 0 Å². The number of hydrogen-bond donors (Lipinski definition) is 2. The number of rotatable bonds is 6. The van der Waals surface area contributed by atoms with Gasteiger partial charge >= 0.3 is 0 Å². The van der Waals surface area contributed by atoms with Gasteiger partial charge < -0.3 is 19.3 Å². The molecule has 3 heterocycles. The van der Waals surface area contributed by atoms with Gasteiger partial charge in [0.2, 0.25) is 18.4 Å². The van der Waals surface area contributed by atoms with E-state index in [9.17, 15) is 9.90 Å². The Hall–Kier alpha value is -3.11. The molecule has 2 N–H and O–H groups in total. The Kier molecular flexibility index (Phi) is 5.84. The molecule has 31 heavy (non-hydrogen) atoms. The Morgan fingerprint density at radius 1 is 1.48 bits per heavy atom. The fraction of sp³-hybridized carbons (Fsp3) is 0.381. The lowest BCUT2D eigenvalue weighted by molar-refractivity contribution is 0.170. The van der Waals surface area contributed by atoms with E-state index in [1.54, 1.807) is 13.2 Å². The molecular weight excluding hydrogens is 420 g/mol. The maximum absolute atomic E-state index is 12.3. The lowest BCUT2D eigenvalue weighted by Gasteiger charge is -2.35. The molecular formula is C21H24N4O5S. The molecule has 0 amide bonds. The van der Waals surface area contributed by atoms with Crippen molar-refractivity contribution >= 4 is 18.4 Å². The Morgan fingerprint density at radius 2 is 2.29 bits per heavy atom. The van der Waals surface area contributed by atoms with E-state index in [4.69, 9.17) is 26.4 Å². The number of H-pyrrole nitrogens is 1. The van der Waals surface area contributed by atoms with Crippen LogP contribution >= 0.6 is 12.2 Å². The van der Waals surface area contributed by atoms with E-state index < -0.39 is 5.56 Å². The summed E-state index contributed by atoms with van der Waals surface area (Å²) in [5.74, 6) is 1.70. The molecule has 1 atom stereocenters. The van der Waals surface area contributed by atoms with Crippen LogP contribution in [0.4, 0.5) is 0 Å². The summed E-state index contributed by atoms with van der Waals surface area (Å²) in [6.45, 7) is 5.27. The molecule has 2 aliphatic heterocycles. The van der Waals surface area contributed by atoms with Crippen molar-refractivity contribution < 1.29 is 19.3 Å². The normalized spacial score (nSPS) is 17.7. The summed E-state index contributed by atoms with van der Waals surface area (Å²) >= 11 is 5.11. The second-order valence-corrected chi connectivity index (χ2v) is 7.74. The number of likely N-dealkylation sites (N-methyl/N-ethyl adjacent to an activating group) is 1. The van der Waals surface area contributed by atoms with Crippen molar-refractivity contribution in [2.75, 3.05) is 34.0 Å². The smallest absolute Gasteiger partial charge is 0.264 e. The molecule has 2 aromatic rings. The lowest BCUT2D eigenvalue weighted by Crippen LogP contribution is -2.34. The molecule has 10 heteroatoms. The van der Waals surface area contributed by atoms with E-state index in [2.05, 4.69) is 21.5 Å². The molecule has 0 fully saturated rings. The molecule has 0 spiro atoms. The van der Waals surface area contributed by atoms with Crippen molar-refractivity contribution in [3.63, 3.8) is 0 Å². The monoisotopic (exact) mass is 444 g/mol. The first kappa shape index (κ1) is 21.1. The minimum Gasteiger partial charge on any atom is -0.494 e. The molecule has 0 saturated heterocycles. The second-order valence-electron chi connectivity index (χ2n) is 7.35. The minimum atomic E-state index is -0.495. The maximum atomic E-state index is 12.3. The van der Waals surface area contributed by atoms with Crippen molar-refractivity contribution in [3.8, 4) is 23.1 Å². The second kappa shape index (κ2) is 8.56. The van der Waals surface area contributed by atoms with Crippen LogP contribution in [-0.4, -0.2) is 59.8 Å². The quantitative estimate of drug-likeness (QED) is 0.400. The summed E-state index contributed by atoms with van der Waals surface area (Å²) in [5, 5.41) is 10.5. The highest BCUT2D eigenvalue weighted by atomic mass is 32.1. The molecule has 0 bridgehead atoms. The summed E-state index contributed by atoms with van der Waals surface area (Å²) in [5.41, 5.74) is 1.68. The summed E-state index contributed by atoms with van der Waals surface area (Å²) in [4.78, 5) is 21.5. The van der Waals surface area contributed by atoms with Crippen molar-refractivity contribution in [1.29, 1.82) is 0 Å². The minimum absolute atomic E-state index is 0.0480. The molecule has 0 aliphatic carbocycles. The van der Waals surface area contributed by atoms with E-state index in [0.717, 1.165) is 24.1 Å². The van der Waals surface area contributed by atoms with Gasteiger partial charge in [0.25, 0.3) is 5.56 Å². The highest BCUT2D eigenvalue weighted by molar-refractivity contribution is 7.71. The largest absolute Gasteiger partial charge is 0.494 e. The van der Waals surface area contributed by atoms with Crippen molar-refractivity contribution in [3.05, 3.63) is 50.5 Å². The first-order chi connectivity index (χ1) is 15.0.